The average Bonchev–Trinajstić information content (AvgIpc) is 2.74. The van der Waals surface area contributed by atoms with Crippen molar-refractivity contribution in [2.24, 2.45) is 0 Å². The number of nitrogens with zero attached hydrogens (tertiary/aromatic N) is 2. The summed E-state index contributed by atoms with van der Waals surface area (Å²) in [6.07, 6.45) is 1.70. The van der Waals surface area contributed by atoms with Crippen LogP contribution >= 0.6 is 0 Å². The van der Waals surface area contributed by atoms with Crippen molar-refractivity contribution in [2.45, 2.75) is 34.3 Å². The molecule has 4 aromatic rings. The van der Waals surface area contributed by atoms with Gasteiger partial charge in [-0.05, 0) is 74.2 Å². The van der Waals surface area contributed by atoms with E-state index in [1.54, 1.807) is 12.3 Å². The maximum absolute atomic E-state index is 12.5. The van der Waals surface area contributed by atoms with Gasteiger partial charge < -0.3 is 15.4 Å². The minimum Gasteiger partial charge on any atom is -0.487 e. The van der Waals surface area contributed by atoms with Crippen LogP contribution in [0.1, 0.15) is 27.9 Å². The number of carbonyl (C=O) groups excluding carboxylic acids is 1. The number of benzene rings is 2. The summed E-state index contributed by atoms with van der Waals surface area (Å²) >= 11 is 0. The number of hydrogen-bond acceptors (Lipinski definition) is 4. The third-order valence-electron chi connectivity index (χ3n) is 5.24. The van der Waals surface area contributed by atoms with E-state index in [0.717, 1.165) is 27.9 Å². The highest BCUT2D eigenvalue weighted by atomic mass is 16.5. The Labute approximate surface area is 192 Å². The standard InChI is InChI=1S/C26H26N4O3/c1-16-10-17(2)12-21(11-16)29-26(32)28-20-8-7-18(3)23(13-20)33-15-22-14-24(31)30-9-5-6-19(4)25(30)27-22/h5-14H,15H2,1-4H3,(H2,28,29,32). The minimum atomic E-state index is -0.338. The molecule has 0 aliphatic heterocycles. The molecule has 0 aliphatic rings. The number of aryl methyl sites for hydroxylation is 4. The topological polar surface area (TPSA) is 84.7 Å². The molecule has 7 heteroatoms. The van der Waals surface area contributed by atoms with Crippen LogP contribution < -0.4 is 20.9 Å². The Bertz CT molecular complexity index is 1390. The second kappa shape index (κ2) is 9.16. The summed E-state index contributed by atoms with van der Waals surface area (Å²) in [7, 11) is 0. The first kappa shape index (κ1) is 22.1. The van der Waals surface area contributed by atoms with Gasteiger partial charge in [-0.15, -0.1) is 0 Å². The zero-order chi connectivity index (χ0) is 23.5. The van der Waals surface area contributed by atoms with Crippen molar-refractivity contribution in [2.75, 3.05) is 10.6 Å². The lowest BCUT2D eigenvalue weighted by molar-refractivity contribution is 0.262. The highest BCUT2D eigenvalue weighted by Crippen LogP contribution is 2.24. The van der Waals surface area contributed by atoms with Crippen molar-refractivity contribution in [1.29, 1.82) is 0 Å². The van der Waals surface area contributed by atoms with Gasteiger partial charge in [-0.2, -0.15) is 0 Å². The quantitative estimate of drug-likeness (QED) is 0.448. The van der Waals surface area contributed by atoms with E-state index in [2.05, 4.69) is 15.6 Å². The molecule has 7 nitrogen and oxygen atoms in total. The third kappa shape index (κ3) is 5.20. The molecule has 0 saturated carbocycles. The summed E-state index contributed by atoms with van der Waals surface area (Å²) in [6.45, 7) is 7.94. The molecule has 0 unspecified atom stereocenters. The minimum absolute atomic E-state index is 0.138. The van der Waals surface area contributed by atoms with Crippen LogP contribution in [0.3, 0.4) is 0 Å². The Balaban J connectivity index is 1.47. The molecule has 168 valence electrons. The largest absolute Gasteiger partial charge is 0.487 e. The summed E-state index contributed by atoms with van der Waals surface area (Å²) in [6, 6.07) is 16.2. The maximum Gasteiger partial charge on any atom is 0.323 e. The molecule has 0 radical (unpaired) electrons. The van der Waals surface area contributed by atoms with E-state index in [4.69, 9.17) is 4.74 Å². The molecule has 0 aliphatic carbocycles. The Morgan fingerprint density at radius 2 is 1.64 bits per heavy atom. The Morgan fingerprint density at radius 1 is 0.909 bits per heavy atom. The Morgan fingerprint density at radius 3 is 2.39 bits per heavy atom. The van der Waals surface area contributed by atoms with E-state index in [-0.39, 0.29) is 18.2 Å². The van der Waals surface area contributed by atoms with Gasteiger partial charge in [0, 0.05) is 29.7 Å². The van der Waals surface area contributed by atoms with Gasteiger partial charge in [0.05, 0.1) is 5.69 Å². The van der Waals surface area contributed by atoms with E-state index in [0.29, 0.717) is 22.8 Å². The number of hydrogen-bond donors (Lipinski definition) is 2. The summed E-state index contributed by atoms with van der Waals surface area (Å²) in [4.78, 5) is 29.4. The third-order valence-corrected chi connectivity index (χ3v) is 5.24. The molecule has 2 heterocycles. The summed E-state index contributed by atoms with van der Waals surface area (Å²) < 4.78 is 7.47. The van der Waals surface area contributed by atoms with Crippen LogP contribution in [0.2, 0.25) is 0 Å². The predicted octanol–water partition coefficient (Wildman–Crippen LogP) is 5.15. The van der Waals surface area contributed by atoms with Crippen LogP contribution in [-0.4, -0.2) is 15.4 Å². The Hall–Kier alpha value is -4.13. The van der Waals surface area contributed by atoms with Gasteiger partial charge in [-0.3, -0.25) is 9.20 Å². The van der Waals surface area contributed by atoms with Crippen LogP contribution in [0, 0.1) is 27.7 Å². The number of amides is 2. The second-order valence-electron chi connectivity index (χ2n) is 8.19. The van der Waals surface area contributed by atoms with Gasteiger partial charge in [0.15, 0.2) is 0 Å². The smallest absolute Gasteiger partial charge is 0.323 e. The van der Waals surface area contributed by atoms with Crippen LogP contribution in [-0.2, 0) is 6.61 Å². The highest BCUT2D eigenvalue weighted by Gasteiger charge is 2.09. The fourth-order valence-corrected chi connectivity index (χ4v) is 3.71. The first-order valence-electron chi connectivity index (χ1n) is 10.7. The van der Waals surface area contributed by atoms with Crippen molar-refractivity contribution in [3.8, 4) is 5.75 Å². The molecule has 0 spiro atoms. The second-order valence-corrected chi connectivity index (χ2v) is 8.19. The zero-order valence-corrected chi connectivity index (χ0v) is 19.1. The number of urea groups is 1. The van der Waals surface area contributed by atoms with Gasteiger partial charge in [-0.1, -0.05) is 18.2 Å². The fraction of sp³-hybridized carbons (Fsp3) is 0.192. The lowest BCUT2D eigenvalue weighted by atomic mass is 10.1. The number of pyridine rings is 1. The van der Waals surface area contributed by atoms with E-state index in [9.17, 15) is 9.59 Å². The molecular formula is C26H26N4O3. The van der Waals surface area contributed by atoms with Gasteiger partial charge in [0.1, 0.15) is 18.0 Å². The van der Waals surface area contributed by atoms with Crippen molar-refractivity contribution in [3.63, 3.8) is 0 Å². The molecule has 0 saturated heterocycles. The molecule has 0 bridgehead atoms. The van der Waals surface area contributed by atoms with Gasteiger partial charge in [0.25, 0.3) is 5.56 Å². The molecule has 2 N–H and O–H groups in total. The average molecular weight is 443 g/mol. The van der Waals surface area contributed by atoms with Crippen LogP contribution in [0.25, 0.3) is 5.65 Å². The fourth-order valence-electron chi connectivity index (χ4n) is 3.71. The number of nitrogens with one attached hydrogen (secondary N) is 2. The normalized spacial score (nSPS) is 10.8. The van der Waals surface area contributed by atoms with Crippen molar-refractivity contribution < 1.29 is 9.53 Å². The summed E-state index contributed by atoms with van der Waals surface area (Å²) in [5, 5.41) is 5.69. The SMILES string of the molecule is Cc1cc(C)cc(NC(=O)Nc2ccc(C)c(OCc3cc(=O)n4cccc(C)c4n3)c2)c1. The lowest BCUT2D eigenvalue weighted by Crippen LogP contribution is -2.19. The van der Waals surface area contributed by atoms with E-state index < -0.39 is 0 Å². The van der Waals surface area contributed by atoms with Crippen molar-refractivity contribution in [1.82, 2.24) is 9.38 Å². The molecule has 0 atom stereocenters. The van der Waals surface area contributed by atoms with Crippen molar-refractivity contribution in [3.05, 3.63) is 99.1 Å². The van der Waals surface area contributed by atoms with E-state index >= 15 is 0 Å². The molecule has 2 aromatic heterocycles. The van der Waals surface area contributed by atoms with Gasteiger partial charge in [-0.25, -0.2) is 9.78 Å². The number of fused-ring (bicyclic) bond motifs is 1. The lowest BCUT2D eigenvalue weighted by Gasteiger charge is -2.13. The molecule has 2 aromatic carbocycles. The predicted molar refractivity (Wildman–Crippen MR) is 130 cm³/mol. The van der Waals surface area contributed by atoms with Crippen molar-refractivity contribution >= 4 is 23.1 Å². The molecule has 4 rings (SSSR count). The first-order chi connectivity index (χ1) is 15.8. The first-order valence-corrected chi connectivity index (χ1v) is 10.7. The summed E-state index contributed by atoms with van der Waals surface area (Å²) in [5.74, 6) is 0.603. The zero-order valence-electron chi connectivity index (χ0n) is 19.1. The van der Waals surface area contributed by atoms with Crippen LogP contribution in [0.5, 0.6) is 5.75 Å². The van der Waals surface area contributed by atoms with Gasteiger partial charge in [0.2, 0.25) is 0 Å². The number of anilines is 2. The number of ether oxygens (including phenoxy) is 1. The maximum atomic E-state index is 12.5. The highest BCUT2D eigenvalue weighted by molar-refractivity contribution is 6.00. The summed E-state index contributed by atoms with van der Waals surface area (Å²) in [5.41, 5.74) is 6.30. The number of carbonyl (C=O) groups is 1. The van der Waals surface area contributed by atoms with E-state index in [1.165, 1.54) is 10.5 Å². The molecule has 0 fully saturated rings. The van der Waals surface area contributed by atoms with Crippen LogP contribution in [0.15, 0.2) is 65.6 Å². The van der Waals surface area contributed by atoms with Crippen LogP contribution in [0.4, 0.5) is 16.2 Å². The number of rotatable bonds is 5. The molecule has 33 heavy (non-hydrogen) atoms. The molecule has 2 amide bonds. The van der Waals surface area contributed by atoms with Gasteiger partial charge >= 0.3 is 6.03 Å². The molecular weight excluding hydrogens is 416 g/mol. The Kier molecular flexibility index (Phi) is 6.13. The number of aromatic nitrogens is 2. The monoisotopic (exact) mass is 442 g/mol. The van der Waals surface area contributed by atoms with E-state index in [1.807, 2.05) is 70.2 Å².